The molecule has 1 heterocycles. The topological polar surface area (TPSA) is 94.3 Å². The van der Waals surface area contributed by atoms with Crippen molar-refractivity contribution in [2.24, 2.45) is 5.73 Å². The Morgan fingerprint density at radius 3 is 2.88 bits per heavy atom. The first-order chi connectivity index (χ1) is 7.58. The third-order valence-corrected chi connectivity index (χ3v) is 2.73. The number of nitrogens with two attached hydrogens (primary N) is 1. The van der Waals surface area contributed by atoms with Crippen molar-refractivity contribution in [3.8, 4) is 0 Å². The van der Waals surface area contributed by atoms with Crippen LogP contribution in [0, 0.1) is 0 Å². The van der Waals surface area contributed by atoms with E-state index in [0.29, 0.717) is 11.6 Å². The summed E-state index contributed by atoms with van der Waals surface area (Å²) in [5, 5.41) is 4.75. The molecule has 0 fully saturated rings. The van der Waals surface area contributed by atoms with E-state index < -0.39 is 17.9 Å². The molecule has 0 unspecified atom stereocenters. The summed E-state index contributed by atoms with van der Waals surface area (Å²) in [5.41, 5.74) is 5.64. The monoisotopic (exact) mass is 243 g/mol. The molecule has 7 heteroatoms. The van der Waals surface area contributed by atoms with Crippen LogP contribution in [0.2, 0.25) is 0 Å². The molecule has 0 bridgehead atoms. The lowest BCUT2D eigenvalue weighted by Crippen LogP contribution is -2.39. The third kappa shape index (κ3) is 3.01. The van der Waals surface area contributed by atoms with Crippen molar-refractivity contribution in [1.82, 2.24) is 10.3 Å². The van der Waals surface area contributed by atoms with E-state index in [2.05, 4.69) is 15.0 Å². The molecular formula is C9H13N3O3S. The number of nitrogens with one attached hydrogen (secondary N) is 1. The number of nitrogens with zero attached hydrogens (tertiary/aromatic N) is 1. The molecule has 3 N–H and O–H groups in total. The highest BCUT2D eigenvalue weighted by molar-refractivity contribution is 7.09. The Labute approximate surface area is 96.8 Å². The van der Waals surface area contributed by atoms with Gasteiger partial charge in [0.15, 0.2) is 0 Å². The molecule has 0 radical (unpaired) electrons. The molecule has 88 valence electrons. The quantitative estimate of drug-likeness (QED) is 0.720. The average molecular weight is 243 g/mol. The Morgan fingerprint density at radius 2 is 2.38 bits per heavy atom. The lowest BCUT2D eigenvalue weighted by atomic mass is 10.3. The van der Waals surface area contributed by atoms with Crippen molar-refractivity contribution < 1.29 is 14.3 Å². The van der Waals surface area contributed by atoms with E-state index in [1.54, 1.807) is 12.3 Å². The van der Waals surface area contributed by atoms with Crippen molar-refractivity contribution in [2.45, 2.75) is 19.5 Å². The van der Waals surface area contributed by atoms with E-state index in [1.807, 2.05) is 0 Å². The van der Waals surface area contributed by atoms with E-state index in [4.69, 9.17) is 5.73 Å². The summed E-state index contributed by atoms with van der Waals surface area (Å²) >= 11 is 1.31. The number of hydrogen-bond acceptors (Lipinski definition) is 6. The molecule has 0 spiro atoms. The zero-order chi connectivity index (χ0) is 12.1. The van der Waals surface area contributed by atoms with Crippen LogP contribution in [0.5, 0.6) is 0 Å². The summed E-state index contributed by atoms with van der Waals surface area (Å²) < 4.78 is 4.48. The predicted molar refractivity (Wildman–Crippen MR) is 58.9 cm³/mol. The normalized spacial score (nSPS) is 11.9. The van der Waals surface area contributed by atoms with Crippen LogP contribution < -0.4 is 11.1 Å². The molecule has 1 aromatic heterocycles. The molecule has 1 aromatic rings. The lowest BCUT2D eigenvalue weighted by molar-refractivity contribution is -0.142. The van der Waals surface area contributed by atoms with Gasteiger partial charge in [-0.3, -0.25) is 4.79 Å². The number of thiazole rings is 1. The lowest BCUT2D eigenvalue weighted by Gasteiger charge is -2.09. The number of carbonyl (C=O) groups excluding carboxylic acids is 2. The molecule has 1 atom stereocenters. The number of esters is 1. The minimum Gasteiger partial charge on any atom is -0.467 e. The zero-order valence-electron chi connectivity index (χ0n) is 9.02. The highest BCUT2D eigenvalue weighted by Crippen LogP contribution is 2.08. The molecule has 0 aliphatic carbocycles. The van der Waals surface area contributed by atoms with Gasteiger partial charge >= 0.3 is 5.97 Å². The fraction of sp³-hybridized carbons (Fsp3) is 0.444. The second-order valence-electron chi connectivity index (χ2n) is 3.05. The van der Waals surface area contributed by atoms with Crippen LogP contribution in [-0.2, 0) is 16.1 Å². The van der Waals surface area contributed by atoms with Gasteiger partial charge in [-0.25, -0.2) is 9.78 Å². The van der Waals surface area contributed by atoms with Crippen molar-refractivity contribution in [1.29, 1.82) is 0 Å². The number of carbonyl (C=O) groups is 2. The fourth-order valence-electron chi connectivity index (χ4n) is 1.02. The van der Waals surface area contributed by atoms with Gasteiger partial charge in [0.1, 0.15) is 16.7 Å². The smallest absolute Gasteiger partial charge is 0.328 e. The fourth-order valence-corrected chi connectivity index (χ4v) is 1.67. The average Bonchev–Trinajstić information content (AvgIpc) is 2.76. The highest BCUT2D eigenvalue weighted by Gasteiger charge is 2.18. The Hall–Kier alpha value is -1.47. The third-order valence-electron chi connectivity index (χ3n) is 1.86. The first kappa shape index (κ1) is 12.6. The maximum atomic E-state index is 11.6. The summed E-state index contributed by atoms with van der Waals surface area (Å²) in [6.45, 7) is 1.84. The van der Waals surface area contributed by atoms with E-state index >= 15 is 0 Å². The van der Waals surface area contributed by atoms with Gasteiger partial charge in [0, 0.05) is 11.9 Å². The highest BCUT2D eigenvalue weighted by atomic mass is 32.1. The van der Waals surface area contributed by atoms with Crippen LogP contribution in [0.1, 0.15) is 22.4 Å². The number of ether oxygens (including phenoxy) is 1. The molecule has 0 aromatic carbocycles. The first-order valence-electron chi connectivity index (χ1n) is 4.61. The number of amides is 1. The van der Waals surface area contributed by atoms with E-state index in [-0.39, 0.29) is 5.69 Å². The van der Waals surface area contributed by atoms with Crippen molar-refractivity contribution in [3.63, 3.8) is 0 Å². The van der Waals surface area contributed by atoms with Gasteiger partial charge in [-0.2, -0.15) is 0 Å². The molecule has 0 aliphatic rings. The molecule has 6 nitrogen and oxygen atoms in total. The van der Waals surface area contributed by atoms with Crippen LogP contribution in [0.15, 0.2) is 5.38 Å². The van der Waals surface area contributed by atoms with Gasteiger partial charge in [-0.1, -0.05) is 0 Å². The first-order valence-corrected chi connectivity index (χ1v) is 5.49. The summed E-state index contributed by atoms with van der Waals surface area (Å²) in [6, 6.07) is -0.694. The van der Waals surface area contributed by atoms with Gasteiger partial charge in [0.25, 0.3) is 5.91 Å². The maximum Gasteiger partial charge on any atom is 0.328 e. The largest absolute Gasteiger partial charge is 0.467 e. The van der Waals surface area contributed by atoms with Gasteiger partial charge in [-0.05, 0) is 6.92 Å². The van der Waals surface area contributed by atoms with Gasteiger partial charge in [0.2, 0.25) is 0 Å². The maximum absolute atomic E-state index is 11.6. The molecule has 0 saturated heterocycles. The van der Waals surface area contributed by atoms with Crippen LogP contribution in [0.4, 0.5) is 0 Å². The van der Waals surface area contributed by atoms with Crippen molar-refractivity contribution in [2.75, 3.05) is 7.11 Å². The van der Waals surface area contributed by atoms with Gasteiger partial charge < -0.3 is 15.8 Å². The second-order valence-corrected chi connectivity index (χ2v) is 3.99. The zero-order valence-corrected chi connectivity index (χ0v) is 9.84. The Bertz CT molecular complexity index is 391. The molecule has 16 heavy (non-hydrogen) atoms. The van der Waals surface area contributed by atoms with Gasteiger partial charge in [0.05, 0.1) is 7.11 Å². The second kappa shape index (κ2) is 5.57. The van der Waals surface area contributed by atoms with Crippen molar-refractivity contribution in [3.05, 3.63) is 16.1 Å². The van der Waals surface area contributed by atoms with Crippen LogP contribution in [0.25, 0.3) is 0 Å². The molecule has 0 aliphatic heterocycles. The molecule has 1 amide bonds. The van der Waals surface area contributed by atoms with Gasteiger partial charge in [-0.15, -0.1) is 11.3 Å². The van der Waals surface area contributed by atoms with E-state index in [9.17, 15) is 9.59 Å². The van der Waals surface area contributed by atoms with E-state index in [1.165, 1.54) is 18.4 Å². The Kier molecular flexibility index (Phi) is 4.39. The Balaban J connectivity index is 2.61. The van der Waals surface area contributed by atoms with Crippen LogP contribution in [0.3, 0.4) is 0 Å². The molecule has 0 saturated carbocycles. The standard InChI is InChI=1S/C9H13N3O3S/c1-5(9(14)15-2)11-8(13)6-4-16-7(3-10)12-6/h4-5H,3,10H2,1-2H3,(H,11,13)/t5-/m0/s1. The minimum absolute atomic E-state index is 0.265. The number of hydrogen-bond donors (Lipinski definition) is 2. The molecule has 1 rings (SSSR count). The minimum atomic E-state index is -0.694. The summed E-state index contributed by atoms with van der Waals surface area (Å²) in [7, 11) is 1.26. The number of rotatable bonds is 4. The van der Waals surface area contributed by atoms with E-state index in [0.717, 1.165) is 0 Å². The Morgan fingerprint density at radius 1 is 1.69 bits per heavy atom. The SMILES string of the molecule is COC(=O)[C@H](C)NC(=O)c1csc(CN)n1. The number of aromatic nitrogens is 1. The predicted octanol–water partition coefficient (Wildman–Crippen LogP) is -0.107. The van der Waals surface area contributed by atoms with Crippen LogP contribution >= 0.6 is 11.3 Å². The van der Waals surface area contributed by atoms with Crippen molar-refractivity contribution >= 4 is 23.2 Å². The van der Waals surface area contributed by atoms with Crippen LogP contribution in [-0.4, -0.2) is 30.0 Å². The molecular weight excluding hydrogens is 230 g/mol. The summed E-state index contributed by atoms with van der Waals surface area (Å²) in [4.78, 5) is 26.7. The summed E-state index contributed by atoms with van der Waals surface area (Å²) in [6.07, 6.45) is 0. The number of methoxy groups -OCH3 is 1. The summed E-state index contributed by atoms with van der Waals surface area (Å²) in [5.74, 6) is -0.906.